The largest absolute Gasteiger partial charge is 0.321 e. The van der Waals surface area contributed by atoms with Crippen LogP contribution in [0.5, 0.6) is 0 Å². The summed E-state index contributed by atoms with van der Waals surface area (Å²) in [5, 5.41) is 0. The van der Waals surface area contributed by atoms with Crippen LogP contribution in [-0.4, -0.2) is 11.0 Å². The van der Waals surface area contributed by atoms with Crippen molar-refractivity contribution < 1.29 is 0 Å². The second kappa shape index (κ2) is 13.2. The van der Waals surface area contributed by atoms with Crippen molar-refractivity contribution >= 4 is 17.2 Å². The third-order valence-corrected chi connectivity index (χ3v) is 7.32. The van der Waals surface area contributed by atoms with Crippen LogP contribution in [0.2, 0.25) is 0 Å². The maximum atomic E-state index is 6.55. The Kier molecular flexibility index (Phi) is 9.46. The number of allylic oxidation sites excluding steroid dienone is 8. The summed E-state index contributed by atoms with van der Waals surface area (Å²) in [5.41, 5.74) is 18.0. The molecule has 3 aromatic rings. The summed E-state index contributed by atoms with van der Waals surface area (Å²) in [6, 6.07) is 23.3. The van der Waals surface area contributed by atoms with Gasteiger partial charge < -0.3 is 5.73 Å². The van der Waals surface area contributed by atoms with Gasteiger partial charge >= 0.3 is 0 Å². The van der Waals surface area contributed by atoms with E-state index < -0.39 is 0 Å². The van der Waals surface area contributed by atoms with Crippen LogP contribution in [0.4, 0.5) is 0 Å². The highest BCUT2D eigenvalue weighted by atomic mass is 14.7. The molecule has 198 valence electrons. The van der Waals surface area contributed by atoms with E-state index in [2.05, 4.69) is 124 Å². The van der Waals surface area contributed by atoms with E-state index in [4.69, 9.17) is 10.7 Å². The Balaban J connectivity index is 0.00000172. The van der Waals surface area contributed by atoms with Gasteiger partial charge in [-0.3, -0.25) is 0 Å². The van der Waals surface area contributed by atoms with Crippen LogP contribution in [0.1, 0.15) is 56.5 Å². The van der Waals surface area contributed by atoms with Crippen LogP contribution in [0.25, 0.3) is 28.5 Å². The number of hydrogen-bond donors (Lipinski definition) is 1. The Bertz CT molecular complexity index is 1480. The summed E-state index contributed by atoms with van der Waals surface area (Å²) in [6.45, 7) is 10.6. The second-order valence-electron chi connectivity index (χ2n) is 9.94. The molecule has 1 heterocycles. The molecule has 0 spiro atoms. The number of benzene rings is 2. The topological polar surface area (TPSA) is 38.9 Å². The number of aromatic nitrogens is 1. The molecule has 0 saturated heterocycles. The normalized spacial score (nSPS) is 19.7. The zero-order valence-corrected chi connectivity index (χ0v) is 23.9. The van der Waals surface area contributed by atoms with Crippen LogP contribution < -0.4 is 5.73 Å². The first kappa shape index (κ1) is 28.0. The van der Waals surface area contributed by atoms with Crippen LogP contribution in [0, 0.1) is 12.8 Å². The zero-order chi connectivity index (χ0) is 27.8. The number of nitrogens with zero attached hydrogens (tertiary/aromatic N) is 1. The lowest BCUT2D eigenvalue weighted by molar-refractivity contribution is 0.754. The van der Waals surface area contributed by atoms with Gasteiger partial charge in [-0.1, -0.05) is 118 Å². The smallest absolute Gasteiger partial charge is 0.0715 e. The lowest BCUT2D eigenvalue weighted by atomic mass is 9.86. The number of aryl methyl sites for hydroxylation is 1. The van der Waals surface area contributed by atoms with Gasteiger partial charge in [-0.05, 0) is 83.4 Å². The maximum absolute atomic E-state index is 6.55. The van der Waals surface area contributed by atoms with Crippen molar-refractivity contribution in [2.75, 3.05) is 0 Å². The molecule has 5 rings (SSSR count). The molecule has 2 aliphatic carbocycles. The van der Waals surface area contributed by atoms with Crippen molar-refractivity contribution in [1.82, 2.24) is 4.98 Å². The minimum absolute atomic E-state index is 0.133. The highest BCUT2D eigenvalue weighted by molar-refractivity contribution is 5.94. The highest BCUT2D eigenvalue weighted by Crippen LogP contribution is 2.36. The minimum Gasteiger partial charge on any atom is -0.321 e. The van der Waals surface area contributed by atoms with Gasteiger partial charge in [0.15, 0.2) is 0 Å². The zero-order valence-electron chi connectivity index (χ0n) is 23.9. The Morgan fingerprint density at radius 2 is 1.64 bits per heavy atom. The lowest BCUT2D eigenvalue weighted by Gasteiger charge is -2.22. The predicted molar refractivity (Wildman–Crippen MR) is 170 cm³/mol. The molecule has 2 unspecified atom stereocenters. The molecule has 2 atom stereocenters. The molecule has 39 heavy (non-hydrogen) atoms. The van der Waals surface area contributed by atoms with Crippen molar-refractivity contribution in [2.45, 2.75) is 47.1 Å². The van der Waals surface area contributed by atoms with E-state index >= 15 is 0 Å². The number of pyridine rings is 1. The lowest BCUT2D eigenvalue weighted by Crippen LogP contribution is -2.21. The average molecular weight is 513 g/mol. The third kappa shape index (κ3) is 6.53. The van der Waals surface area contributed by atoms with Gasteiger partial charge in [-0.15, -0.1) is 0 Å². The van der Waals surface area contributed by atoms with Crippen molar-refractivity contribution in [3.8, 4) is 11.3 Å². The van der Waals surface area contributed by atoms with E-state index in [1.54, 1.807) is 0 Å². The molecular formula is C37H40N2. The molecule has 0 fully saturated rings. The number of hydrogen-bond acceptors (Lipinski definition) is 2. The second-order valence-corrected chi connectivity index (χ2v) is 9.94. The molecule has 2 N–H and O–H groups in total. The fraction of sp³-hybridized carbons (Fsp3) is 0.216. The Labute approximate surface area is 234 Å². The van der Waals surface area contributed by atoms with Crippen LogP contribution >= 0.6 is 0 Å². The van der Waals surface area contributed by atoms with E-state index in [-0.39, 0.29) is 6.04 Å². The summed E-state index contributed by atoms with van der Waals surface area (Å²) in [5.74, 6) is 0.416. The molecule has 0 amide bonds. The average Bonchev–Trinajstić information content (AvgIpc) is 2.98. The fourth-order valence-corrected chi connectivity index (χ4v) is 5.07. The van der Waals surface area contributed by atoms with Gasteiger partial charge in [-0.2, -0.15) is 0 Å². The molecule has 0 bridgehead atoms. The predicted octanol–water partition coefficient (Wildman–Crippen LogP) is 9.37. The molecular weight excluding hydrogens is 472 g/mol. The van der Waals surface area contributed by atoms with E-state index in [1.165, 1.54) is 27.8 Å². The summed E-state index contributed by atoms with van der Waals surface area (Å²) in [4.78, 5) is 5.18. The van der Waals surface area contributed by atoms with Crippen LogP contribution in [0.3, 0.4) is 0 Å². The van der Waals surface area contributed by atoms with Crippen molar-refractivity contribution in [3.63, 3.8) is 0 Å². The molecule has 0 aliphatic heterocycles. The van der Waals surface area contributed by atoms with Crippen LogP contribution in [-0.2, 0) is 0 Å². The Morgan fingerprint density at radius 3 is 2.36 bits per heavy atom. The maximum Gasteiger partial charge on any atom is 0.0715 e. The van der Waals surface area contributed by atoms with Gasteiger partial charge in [0.25, 0.3) is 0 Å². The quantitative estimate of drug-likeness (QED) is 0.370. The molecule has 1 aromatic heterocycles. The monoisotopic (exact) mass is 512 g/mol. The summed E-state index contributed by atoms with van der Waals surface area (Å²) < 4.78 is 0. The molecule has 0 radical (unpaired) electrons. The minimum atomic E-state index is -0.133. The van der Waals surface area contributed by atoms with Gasteiger partial charge in [0.05, 0.1) is 11.4 Å². The SMILES string of the molecule is CC.CC(/C(=C\c1ccccc1C)c1cc(C2=CC=CCC2C)nc(-c2ccccc2)c1)=C1/C=CC=CC1N. The third-order valence-electron chi connectivity index (χ3n) is 7.32. The van der Waals surface area contributed by atoms with E-state index in [9.17, 15) is 0 Å². The first-order valence-corrected chi connectivity index (χ1v) is 14.0. The number of nitrogens with two attached hydrogens (primary N) is 1. The van der Waals surface area contributed by atoms with Gasteiger partial charge in [0, 0.05) is 11.6 Å². The van der Waals surface area contributed by atoms with Gasteiger partial charge in [0.2, 0.25) is 0 Å². The van der Waals surface area contributed by atoms with E-state index in [0.29, 0.717) is 5.92 Å². The summed E-state index contributed by atoms with van der Waals surface area (Å²) in [7, 11) is 0. The van der Waals surface area contributed by atoms with E-state index in [1.807, 2.05) is 26.0 Å². The summed E-state index contributed by atoms with van der Waals surface area (Å²) in [6.07, 6.45) is 18.2. The first-order valence-electron chi connectivity index (χ1n) is 14.0. The van der Waals surface area contributed by atoms with Crippen molar-refractivity contribution in [3.05, 3.63) is 143 Å². The van der Waals surface area contributed by atoms with E-state index in [0.717, 1.165) is 34.5 Å². The highest BCUT2D eigenvalue weighted by Gasteiger charge is 2.19. The Morgan fingerprint density at radius 1 is 0.923 bits per heavy atom. The molecule has 2 aromatic carbocycles. The fourth-order valence-electron chi connectivity index (χ4n) is 5.07. The summed E-state index contributed by atoms with van der Waals surface area (Å²) >= 11 is 0. The van der Waals surface area contributed by atoms with Crippen molar-refractivity contribution in [1.29, 1.82) is 0 Å². The van der Waals surface area contributed by atoms with Crippen LogP contribution in [0.15, 0.2) is 120 Å². The number of rotatable bonds is 5. The first-order chi connectivity index (χ1) is 19.0. The Hall–Kier alpha value is -4.01. The van der Waals surface area contributed by atoms with Crippen molar-refractivity contribution in [2.24, 2.45) is 11.7 Å². The standard InChI is InChI=1S/C35H34N2.C2H6/c1-24-13-7-9-17-28(24)21-32(26(3)31-19-11-12-20-33(31)36)29-22-34(27-15-5-4-6-16-27)37-35(23-29)30-18-10-8-14-25(30)2;1-2/h4-13,15-23,25,33H,14,36H2,1-3H3;1-2H3/b31-26+,32-21+;. The van der Waals surface area contributed by atoms with Gasteiger partial charge in [-0.25, -0.2) is 4.98 Å². The molecule has 0 saturated carbocycles. The molecule has 2 nitrogen and oxygen atoms in total. The molecule has 2 aliphatic rings. The molecule has 2 heteroatoms. The van der Waals surface area contributed by atoms with Gasteiger partial charge in [0.1, 0.15) is 0 Å².